The average molecular weight is 410 g/mol. The molecule has 0 aliphatic heterocycles. The van der Waals surface area contributed by atoms with Crippen molar-refractivity contribution in [3.63, 3.8) is 0 Å². The molecule has 0 spiro atoms. The molecule has 6 nitrogen and oxygen atoms in total. The van der Waals surface area contributed by atoms with E-state index in [1.807, 2.05) is 59.4 Å². The van der Waals surface area contributed by atoms with Gasteiger partial charge in [-0.2, -0.15) is 5.10 Å². The van der Waals surface area contributed by atoms with Crippen LogP contribution in [0.3, 0.4) is 0 Å². The van der Waals surface area contributed by atoms with Crippen LogP contribution in [0.25, 0.3) is 17.3 Å². The number of methoxy groups -OCH3 is 1. The van der Waals surface area contributed by atoms with Crippen LogP contribution in [0.4, 0.5) is 5.69 Å². The minimum atomic E-state index is -0.235. The fraction of sp³-hybridized carbons (Fsp3) is 0.0800. The van der Waals surface area contributed by atoms with Crippen LogP contribution in [0.2, 0.25) is 0 Å². The largest absolute Gasteiger partial charge is 0.497 e. The summed E-state index contributed by atoms with van der Waals surface area (Å²) in [5, 5.41) is 7.58. The lowest BCUT2D eigenvalue weighted by molar-refractivity contribution is -0.111. The van der Waals surface area contributed by atoms with Crippen molar-refractivity contribution >= 4 is 17.7 Å². The van der Waals surface area contributed by atoms with Crippen LogP contribution >= 0.6 is 0 Å². The fourth-order valence-electron chi connectivity index (χ4n) is 3.19. The molecule has 1 N–H and O–H groups in total. The van der Waals surface area contributed by atoms with Crippen molar-refractivity contribution in [3.05, 3.63) is 103 Å². The molecular weight excluding hydrogens is 388 g/mol. The van der Waals surface area contributed by atoms with Crippen molar-refractivity contribution in [1.82, 2.24) is 14.8 Å². The third-order valence-corrected chi connectivity index (χ3v) is 4.66. The van der Waals surface area contributed by atoms with Crippen LogP contribution in [0.15, 0.2) is 91.4 Å². The number of nitrogens with one attached hydrogen (secondary N) is 1. The SMILES string of the molecule is COc1cccc(NC(=O)/C=C/c2cn(Cc3ccccc3)nc2-c2cccnc2)c1. The molecule has 0 unspecified atom stereocenters. The molecule has 0 saturated carbocycles. The number of ether oxygens (including phenoxy) is 1. The Morgan fingerprint density at radius 3 is 2.74 bits per heavy atom. The molecule has 4 rings (SSSR count). The minimum Gasteiger partial charge on any atom is -0.497 e. The van der Waals surface area contributed by atoms with Gasteiger partial charge in [-0.25, -0.2) is 0 Å². The maximum absolute atomic E-state index is 12.5. The van der Waals surface area contributed by atoms with Gasteiger partial charge in [-0.1, -0.05) is 36.4 Å². The molecule has 0 saturated heterocycles. The summed E-state index contributed by atoms with van der Waals surface area (Å²) in [6, 6.07) is 21.2. The zero-order valence-corrected chi connectivity index (χ0v) is 17.1. The van der Waals surface area contributed by atoms with Gasteiger partial charge < -0.3 is 10.1 Å². The number of hydrogen-bond donors (Lipinski definition) is 1. The molecule has 0 bridgehead atoms. The highest BCUT2D eigenvalue weighted by molar-refractivity contribution is 6.02. The lowest BCUT2D eigenvalue weighted by atomic mass is 10.1. The van der Waals surface area contributed by atoms with E-state index in [2.05, 4.69) is 22.4 Å². The maximum atomic E-state index is 12.5. The second-order valence-electron chi connectivity index (χ2n) is 6.91. The quantitative estimate of drug-likeness (QED) is 0.450. The zero-order chi connectivity index (χ0) is 21.5. The van der Waals surface area contributed by atoms with E-state index in [0.717, 1.165) is 22.4 Å². The number of carbonyl (C=O) groups excluding carboxylic acids is 1. The van der Waals surface area contributed by atoms with Crippen LogP contribution in [-0.2, 0) is 11.3 Å². The Kier molecular flexibility index (Phi) is 6.18. The van der Waals surface area contributed by atoms with E-state index in [1.54, 1.807) is 31.6 Å². The summed E-state index contributed by atoms with van der Waals surface area (Å²) in [5.74, 6) is 0.448. The summed E-state index contributed by atoms with van der Waals surface area (Å²) < 4.78 is 7.07. The van der Waals surface area contributed by atoms with Crippen LogP contribution in [0.1, 0.15) is 11.1 Å². The molecule has 1 amide bonds. The number of nitrogens with zero attached hydrogens (tertiary/aromatic N) is 3. The molecule has 0 aliphatic rings. The molecule has 4 aromatic rings. The standard InChI is InChI=1S/C25H22N4O2/c1-31-23-11-5-10-22(15-23)27-24(30)13-12-21-18-29(17-19-7-3-2-4-8-19)28-25(21)20-9-6-14-26-16-20/h2-16,18H,17H2,1H3,(H,27,30)/b13-12+. The molecule has 2 aromatic carbocycles. The number of hydrogen-bond acceptors (Lipinski definition) is 4. The summed E-state index contributed by atoms with van der Waals surface area (Å²) in [7, 11) is 1.59. The molecule has 154 valence electrons. The Morgan fingerprint density at radius 1 is 1.10 bits per heavy atom. The van der Waals surface area contributed by atoms with Gasteiger partial charge in [0.25, 0.3) is 0 Å². The highest BCUT2D eigenvalue weighted by Crippen LogP contribution is 2.23. The summed E-state index contributed by atoms with van der Waals surface area (Å²) in [6.45, 7) is 0.637. The van der Waals surface area contributed by atoms with Crippen LogP contribution in [-0.4, -0.2) is 27.8 Å². The number of pyridine rings is 1. The second kappa shape index (κ2) is 9.54. The lowest BCUT2D eigenvalue weighted by Gasteiger charge is -2.04. The highest BCUT2D eigenvalue weighted by Gasteiger charge is 2.10. The predicted octanol–water partition coefficient (Wildman–Crippen LogP) is 4.65. The molecule has 2 heterocycles. The number of benzene rings is 2. The van der Waals surface area contributed by atoms with Crippen molar-refractivity contribution in [1.29, 1.82) is 0 Å². The van der Waals surface area contributed by atoms with E-state index in [0.29, 0.717) is 18.0 Å². The van der Waals surface area contributed by atoms with Gasteiger partial charge in [0, 0.05) is 47.5 Å². The number of amides is 1. The van der Waals surface area contributed by atoms with E-state index >= 15 is 0 Å². The first kappa shape index (κ1) is 20.1. The zero-order valence-electron chi connectivity index (χ0n) is 17.1. The Labute approximate surface area is 180 Å². The van der Waals surface area contributed by atoms with Gasteiger partial charge in [0.1, 0.15) is 11.4 Å². The van der Waals surface area contributed by atoms with Crippen LogP contribution in [0.5, 0.6) is 5.75 Å². The molecule has 0 aliphatic carbocycles. The van der Waals surface area contributed by atoms with Gasteiger partial charge >= 0.3 is 0 Å². The van der Waals surface area contributed by atoms with Crippen molar-refractivity contribution in [2.45, 2.75) is 6.54 Å². The number of carbonyl (C=O) groups is 1. The lowest BCUT2D eigenvalue weighted by Crippen LogP contribution is -2.07. The Morgan fingerprint density at radius 2 is 1.97 bits per heavy atom. The average Bonchev–Trinajstić information content (AvgIpc) is 3.21. The van der Waals surface area contributed by atoms with Gasteiger partial charge in [0.05, 0.1) is 13.7 Å². The summed E-state index contributed by atoms with van der Waals surface area (Å²) in [5.41, 5.74) is 4.32. The normalized spacial score (nSPS) is 10.9. The van der Waals surface area contributed by atoms with E-state index < -0.39 is 0 Å². The molecule has 0 fully saturated rings. The summed E-state index contributed by atoms with van der Waals surface area (Å²) in [4.78, 5) is 16.7. The number of rotatable bonds is 7. The number of anilines is 1. The first-order valence-corrected chi connectivity index (χ1v) is 9.86. The first-order chi connectivity index (χ1) is 15.2. The van der Waals surface area contributed by atoms with Crippen molar-refractivity contribution in [3.8, 4) is 17.0 Å². The van der Waals surface area contributed by atoms with Crippen molar-refractivity contribution in [2.24, 2.45) is 0 Å². The van der Waals surface area contributed by atoms with E-state index in [1.165, 1.54) is 6.08 Å². The molecule has 31 heavy (non-hydrogen) atoms. The van der Waals surface area contributed by atoms with Gasteiger partial charge in [0.15, 0.2) is 0 Å². The minimum absolute atomic E-state index is 0.235. The second-order valence-corrected chi connectivity index (χ2v) is 6.91. The fourth-order valence-corrected chi connectivity index (χ4v) is 3.19. The van der Waals surface area contributed by atoms with Crippen LogP contribution < -0.4 is 10.1 Å². The monoisotopic (exact) mass is 410 g/mol. The van der Waals surface area contributed by atoms with Gasteiger partial charge in [-0.3, -0.25) is 14.5 Å². The third kappa shape index (κ3) is 5.25. The molecule has 6 heteroatoms. The van der Waals surface area contributed by atoms with Gasteiger partial charge in [-0.05, 0) is 35.9 Å². The molecule has 2 aromatic heterocycles. The van der Waals surface area contributed by atoms with E-state index in [4.69, 9.17) is 9.84 Å². The van der Waals surface area contributed by atoms with E-state index in [9.17, 15) is 4.79 Å². The Balaban J connectivity index is 1.57. The van der Waals surface area contributed by atoms with Gasteiger partial charge in [0.2, 0.25) is 5.91 Å². The van der Waals surface area contributed by atoms with Gasteiger partial charge in [-0.15, -0.1) is 0 Å². The first-order valence-electron chi connectivity index (χ1n) is 9.86. The Hall–Kier alpha value is -4.19. The topological polar surface area (TPSA) is 69.0 Å². The van der Waals surface area contributed by atoms with Crippen molar-refractivity contribution < 1.29 is 9.53 Å². The predicted molar refractivity (Wildman–Crippen MR) is 122 cm³/mol. The number of aromatic nitrogens is 3. The summed E-state index contributed by atoms with van der Waals surface area (Å²) >= 11 is 0. The summed E-state index contributed by atoms with van der Waals surface area (Å²) in [6.07, 6.45) is 8.70. The highest BCUT2D eigenvalue weighted by atomic mass is 16.5. The smallest absolute Gasteiger partial charge is 0.248 e. The van der Waals surface area contributed by atoms with E-state index in [-0.39, 0.29) is 5.91 Å². The van der Waals surface area contributed by atoms with Crippen molar-refractivity contribution in [2.75, 3.05) is 12.4 Å². The molecule has 0 radical (unpaired) electrons. The third-order valence-electron chi connectivity index (χ3n) is 4.66. The van der Waals surface area contributed by atoms with Crippen LogP contribution in [0, 0.1) is 0 Å². The molecule has 0 atom stereocenters. The maximum Gasteiger partial charge on any atom is 0.248 e. The Bertz CT molecular complexity index is 1180. The molecular formula is C25H22N4O2.